The SMILES string of the molecule is CCCCCC[C@H]1C[C@H]1C(=O)Nc1ccc(Br)cc1. The highest BCUT2D eigenvalue weighted by atomic mass is 79.9. The summed E-state index contributed by atoms with van der Waals surface area (Å²) in [5, 5.41) is 3.00. The lowest BCUT2D eigenvalue weighted by atomic mass is 10.1. The molecule has 1 aromatic carbocycles. The average Bonchev–Trinajstić information content (AvgIpc) is 3.17. The van der Waals surface area contributed by atoms with Gasteiger partial charge in [-0.05, 0) is 43.0 Å². The molecule has 0 bridgehead atoms. The van der Waals surface area contributed by atoms with Gasteiger partial charge in [-0.15, -0.1) is 0 Å². The first kappa shape index (κ1) is 14.6. The van der Waals surface area contributed by atoms with Crippen molar-refractivity contribution in [2.75, 3.05) is 5.32 Å². The van der Waals surface area contributed by atoms with Gasteiger partial charge >= 0.3 is 0 Å². The van der Waals surface area contributed by atoms with Crippen molar-refractivity contribution in [1.82, 2.24) is 0 Å². The van der Waals surface area contributed by atoms with Gasteiger partial charge in [0.05, 0.1) is 0 Å². The number of halogens is 1. The van der Waals surface area contributed by atoms with Crippen LogP contribution in [-0.2, 0) is 4.79 Å². The molecule has 3 heteroatoms. The summed E-state index contributed by atoms with van der Waals surface area (Å²) in [6, 6.07) is 7.76. The molecule has 0 unspecified atom stereocenters. The van der Waals surface area contributed by atoms with Gasteiger partial charge in [0.25, 0.3) is 0 Å². The van der Waals surface area contributed by atoms with Crippen LogP contribution >= 0.6 is 15.9 Å². The van der Waals surface area contributed by atoms with E-state index in [1.54, 1.807) is 0 Å². The Labute approximate surface area is 124 Å². The summed E-state index contributed by atoms with van der Waals surface area (Å²) in [7, 11) is 0. The van der Waals surface area contributed by atoms with Gasteiger partial charge < -0.3 is 5.32 Å². The number of rotatable bonds is 7. The van der Waals surface area contributed by atoms with E-state index in [9.17, 15) is 4.79 Å². The van der Waals surface area contributed by atoms with Gasteiger partial charge in [-0.2, -0.15) is 0 Å². The molecule has 0 heterocycles. The standard InChI is InChI=1S/C16H22BrNO/c1-2-3-4-5-6-12-11-15(12)16(19)18-14-9-7-13(17)8-10-14/h7-10,12,15H,2-6,11H2,1H3,(H,18,19)/t12-,15+/m0/s1. The molecule has 1 aromatic rings. The van der Waals surface area contributed by atoms with Crippen LogP contribution in [0.3, 0.4) is 0 Å². The third-order valence-corrected chi connectivity index (χ3v) is 4.33. The van der Waals surface area contributed by atoms with Gasteiger partial charge in [0.15, 0.2) is 0 Å². The summed E-state index contributed by atoms with van der Waals surface area (Å²) >= 11 is 3.39. The van der Waals surface area contributed by atoms with Crippen molar-refractivity contribution in [3.8, 4) is 0 Å². The van der Waals surface area contributed by atoms with E-state index < -0.39 is 0 Å². The highest BCUT2D eigenvalue weighted by Crippen LogP contribution is 2.43. The summed E-state index contributed by atoms with van der Waals surface area (Å²) < 4.78 is 1.03. The van der Waals surface area contributed by atoms with E-state index in [2.05, 4.69) is 28.2 Å². The summed E-state index contributed by atoms with van der Waals surface area (Å²) in [5.41, 5.74) is 0.893. The fourth-order valence-electron chi connectivity index (χ4n) is 2.49. The molecule has 1 saturated carbocycles. The molecule has 1 aliphatic carbocycles. The van der Waals surface area contributed by atoms with Crippen LogP contribution in [0.15, 0.2) is 28.7 Å². The Bertz CT molecular complexity index is 415. The first-order chi connectivity index (χ1) is 9.20. The molecule has 0 aliphatic heterocycles. The first-order valence-electron chi connectivity index (χ1n) is 7.27. The Morgan fingerprint density at radius 3 is 2.68 bits per heavy atom. The molecule has 1 aliphatic rings. The van der Waals surface area contributed by atoms with Crippen molar-refractivity contribution in [1.29, 1.82) is 0 Å². The molecular formula is C16H22BrNO. The normalized spacial score (nSPS) is 21.2. The summed E-state index contributed by atoms with van der Waals surface area (Å²) in [5.74, 6) is 1.08. The number of carbonyl (C=O) groups is 1. The smallest absolute Gasteiger partial charge is 0.227 e. The van der Waals surface area contributed by atoms with E-state index in [4.69, 9.17) is 0 Å². The zero-order valence-electron chi connectivity index (χ0n) is 11.5. The molecule has 2 atom stereocenters. The zero-order chi connectivity index (χ0) is 13.7. The third-order valence-electron chi connectivity index (χ3n) is 3.80. The van der Waals surface area contributed by atoms with Crippen molar-refractivity contribution in [2.24, 2.45) is 11.8 Å². The van der Waals surface area contributed by atoms with Crippen LogP contribution in [0.25, 0.3) is 0 Å². The lowest BCUT2D eigenvalue weighted by Gasteiger charge is -2.05. The van der Waals surface area contributed by atoms with Crippen molar-refractivity contribution in [3.63, 3.8) is 0 Å². The summed E-state index contributed by atoms with van der Waals surface area (Å²) in [6.07, 6.45) is 7.49. The second kappa shape index (κ2) is 7.09. The Balaban J connectivity index is 1.69. The molecule has 2 rings (SSSR count). The van der Waals surface area contributed by atoms with Crippen LogP contribution in [0.1, 0.15) is 45.4 Å². The minimum absolute atomic E-state index is 0.197. The van der Waals surface area contributed by atoms with Gasteiger partial charge in [-0.3, -0.25) is 4.79 Å². The number of hydrogen-bond acceptors (Lipinski definition) is 1. The molecule has 1 N–H and O–H groups in total. The molecule has 2 nitrogen and oxygen atoms in total. The fraction of sp³-hybridized carbons (Fsp3) is 0.562. The number of hydrogen-bond donors (Lipinski definition) is 1. The average molecular weight is 324 g/mol. The predicted molar refractivity (Wildman–Crippen MR) is 83.1 cm³/mol. The Hall–Kier alpha value is -0.830. The van der Waals surface area contributed by atoms with Crippen molar-refractivity contribution in [3.05, 3.63) is 28.7 Å². The van der Waals surface area contributed by atoms with Crippen LogP contribution < -0.4 is 5.32 Å². The van der Waals surface area contributed by atoms with E-state index in [1.165, 1.54) is 32.1 Å². The monoisotopic (exact) mass is 323 g/mol. The van der Waals surface area contributed by atoms with E-state index in [0.29, 0.717) is 5.92 Å². The molecule has 0 radical (unpaired) electrons. The largest absolute Gasteiger partial charge is 0.326 e. The van der Waals surface area contributed by atoms with E-state index in [-0.39, 0.29) is 11.8 Å². The number of unbranched alkanes of at least 4 members (excludes halogenated alkanes) is 3. The van der Waals surface area contributed by atoms with Gasteiger partial charge in [0.2, 0.25) is 5.91 Å². The van der Waals surface area contributed by atoms with E-state index >= 15 is 0 Å². The number of nitrogens with one attached hydrogen (secondary N) is 1. The van der Waals surface area contributed by atoms with E-state index in [1.807, 2.05) is 24.3 Å². The van der Waals surface area contributed by atoms with Gasteiger partial charge in [-0.1, -0.05) is 48.5 Å². The van der Waals surface area contributed by atoms with Gasteiger partial charge in [0.1, 0.15) is 0 Å². The van der Waals surface area contributed by atoms with Crippen LogP contribution in [-0.4, -0.2) is 5.91 Å². The van der Waals surface area contributed by atoms with Crippen LogP contribution in [0.5, 0.6) is 0 Å². The maximum Gasteiger partial charge on any atom is 0.227 e. The molecule has 19 heavy (non-hydrogen) atoms. The quantitative estimate of drug-likeness (QED) is 0.703. The summed E-state index contributed by atoms with van der Waals surface area (Å²) in [4.78, 5) is 12.0. The highest BCUT2D eigenvalue weighted by molar-refractivity contribution is 9.10. The zero-order valence-corrected chi connectivity index (χ0v) is 13.1. The molecule has 1 fully saturated rings. The second-order valence-corrected chi connectivity index (χ2v) is 6.36. The fourth-order valence-corrected chi connectivity index (χ4v) is 2.75. The summed E-state index contributed by atoms with van der Waals surface area (Å²) in [6.45, 7) is 2.23. The Morgan fingerprint density at radius 2 is 2.00 bits per heavy atom. The molecular weight excluding hydrogens is 302 g/mol. The predicted octanol–water partition coefficient (Wildman–Crippen LogP) is 4.99. The number of benzene rings is 1. The highest BCUT2D eigenvalue weighted by Gasteiger charge is 2.41. The number of anilines is 1. The van der Waals surface area contributed by atoms with Crippen molar-refractivity contribution < 1.29 is 4.79 Å². The lowest BCUT2D eigenvalue weighted by molar-refractivity contribution is -0.117. The van der Waals surface area contributed by atoms with Gasteiger partial charge in [0, 0.05) is 16.1 Å². The maximum absolute atomic E-state index is 12.0. The number of carbonyl (C=O) groups excluding carboxylic acids is 1. The van der Waals surface area contributed by atoms with E-state index in [0.717, 1.165) is 16.6 Å². The molecule has 0 spiro atoms. The van der Waals surface area contributed by atoms with Crippen LogP contribution in [0.2, 0.25) is 0 Å². The van der Waals surface area contributed by atoms with Crippen molar-refractivity contribution >= 4 is 27.5 Å². The second-order valence-electron chi connectivity index (χ2n) is 5.45. The molecule has 104 valence electrons. The van der Waals surface area contributed by atoms with Crippen LogP contribution in [0, 0.1) is 11.8 Å². The third kappa shape index (κ3) is 4.64. The Kier molecular flexibility index (Phi) is 5.44. The molecule has 0 aromatic heterocycles. The number of amides is 1. The maximum atomic E-state index is 12.0. The molecule has 1 amide bonds. The van der Waals surface area contributed by atoms with Crippen molar-refractivity contribution in [2.45, 2.75) is 45.4 Å². The van der Waals surface area contributed by atoms with Crippen LogP contribution in [0.4, 0.5) is 5.69 Å². The molecule has 0 saturated heterocycles. The minimum atomic E-state index is 0.197. The topological polar surface area (TPSA) is 29.1 Å². The lowest BCUT2D eigenvalue weighted by Crippen LogP contribution is -2.14. The first-order valence-corrected chi connectivity index (χ1v) is 8.06. The van der Waals surface area contributed by atoms with Gasteiger partial charge in [-0.25, -0.2) is 0 Å². The Morgan fingerprint density at radius 1 is 1.26 bits per heavy atom. The minimum Gasteiger partial charge on any atom is -0.326 e.